The Morgan fingerprint density at radius 1 is 0.913 bits per heavy atom. The van der Waals surface area contributed by atoms with E-state index in [0.29, 0.717) is 13.0 Å². The van der Waals surface area contributed by atoms with Crippen molar-refractivity contribution >= 4 is 5.97 Å². The van der Waals surface area contributed by atoms with Crippen LogP contribution in [-0.4, -0.2) is 24.3 Å². The number of hydrogen-bond acceptors (Lipinski definition) is 4. The Labute approximate surface area is 139 Å². The first-order valence-corrected chi connectivity index (χ1v) is 8.80. The number of carbonyl (C=O) groups excluding carboxylic acids is 1. The third-order valence-corrected chi connectivity index (χ3v) is 3.69. The van der Waals surface area contributed by atoms with Gasteiger partial charge in [0.15, 0.2) is 0 Å². The van der Waals surface area contributed by atoms with Gasteiger partial charge in [0.05, 0.1) is 13.2 Å². The number of unbranched alkanes of at least 4 members (excludes halogenated alkanes) is 7. The fourth-order valence-corrected chi connectivity index (χ4v) is 2.40. The van der Waals surface area contributed by atoms with E-state index < -0.39 is 0 Å². The largest absolute Gasteiger partial charge is 0.508 e. The molecule has 0 fully saturated rings. The van der Waals surface area contributed by atoms with Crippen molar-refractivity contribution in [2.24, 2.45) is 0 Å². The molecule has 0 aliphatic carbocycles. The molecule has 0 aromatic heterocycles. The zero-order valence-electron chi connectivity index (χ0n) is 14.3. The van der Waals surface area contributed by atoms with Gasteiger partial charge in [-0.3, -0.25) is 4.79 Å². The molecule has 4 nitrogen and oxygen atoms in total. The number of ether oxygens (including phenoxy) is 2. The van der Waals surface area contributed by atoms with Crippen LogP contribution in [0, 0.1) is 0 Å². The van der Waals surface area contributed by atoms with Crippen molar-refractivity contribution < 1.29 is 19.4 Å². The molecular weight excluding hydrogens is 292 g/mol. The molecule has 0 heterocycles. The maximum Gasteiger partial charge on any atom is 0.305 e. The number of hydrogen-bond donors (Lipinski definition) is 1. The number of phenols is 1. The molecule has 0 saturated carbocycles. The Bertz CT molecular complexity index is 414. The van der Waals surface area contributed by atoms with Gasteiger partial charge in [-0.1, -0.05) is 38.5 Å². The van der Waals surface area contributed by atoms with Crippen LogP contribution in [0.25, 0.3) is 0 Å². The highest BCUT2D eigenvalue weighted by Gasteiger charge is 2.00. The predicted molar refractivity (Wildman–Crippen MR) is 91.8 cm³/mol. The van der Waals surface area contributed by atoms with Gasteiger partial charge in [-0.05, 0) is 44.0 Å². The Balaban J connectivity index is 1.83. The number of carbonyl (C=O) groups is 1. The van der Waals surface area contributed by atoms with Crippen molar-refractivity contribution in [3.63, 3.8) is 0 Å². The lowest BCUT2D eigenvalue weighted by molar-refractivity contribution is -0.143. The van der Waals surface area contributed by atoms with Crippen LogP contribution < -0.4 is 4.74 Å². The van der Waals surface area contributed by atoms with Crippen molar-refractivity contribution in [1.82, 2.24) is 0 Å². The van der Waals surface area contributed by atoms with Gasteiger partial charge in [0, 0.05) is 6.42 Å². The van der Waals surface area contributed by atoms with Gasteiger partial charge in [-0.25, -0.2) is 0 Å². The monoisotopic (exact) mass is 322 g/mol. The Kier molecular flexibility index (Phi) is 10.8. The van der Waals surface area contributed by atoms with Crippen molar-refractivity contribution in [2.75, 3.05) is 13.2 Å². The molecule has 130 valence electrons. The molecule has 0 atom stereocenters. The van der Waals surface area contributed by atoms with Crippen LogP contribution in [0.5, 0.6) is 11.5 Å². The van der Waals surface area contributed by atoms with E-state index in [1.54, 1.807) is 24.3 Å². The van der Waals surface area contributed by atoms with E-state index in [1.165, 1.54) is 32.1 Å². The zero-order valence-corrected chi connectivity index (χ0v) is 14.3. The molecule has 0 bridgehead atoms. The van der Waals surface area contributed by atoms with Gasteiger partial charge in [0.1, 0.15) is 11.5 Å². The Morgan fingerprint density at radius 2 is 1.48 bits per heavy atom. The summed E-state index contributed by atoms with van der Waals surface area (Å²) in [6.45, 7) is 3.05. The van der Waals surface area contributed by atoms with Crippen molar-refractivity contribution in [3.8, 4) is 11.5 Å². The number of rotatable bonds is 13. The summed E-state index contributed by atoms with van der Waals surface area (Å²) in [4.78, 5) is 11.2. The minimum atomic E-state index is -0.0684. The normalized spacial score (nSPS) is 10.5. The molecule has 0 spiro atoms. The second kappa shape index (κ2) is 12.8. The lowest BCUT2D eigenvalue weighted by Crippen LogP contribution is -2.03. The third kappa shape index (κ3) is 10.6. The highest BCUT2D eigenvalue weighted by molar-refractivity contribution is 5.69. The molecule has 0 amide bonds. The summed E-state index contributed by atoms with van der Waals surface area (Å²) in [6, 6.07) is 6.84. The Morgan fingerprint density at radius 3 is 2.09 bits per heavy atom. The first-order chi connectivity index (χ1) is 11.2. The van der Waals surface area contributed by atoms with Gasteiger partial charge in [-0.15, -0.1) is 0 Å². The third-order valence-electron chi connectivity index (χ3n) is 3.69. The molecule has 0 saturated heterocycles. The van der Waals surface area contributed by atoms with Gasteiger partial charge in [0.2, 0.25) is 0 Å². The summed E-state index contributed by atoms with van der Waals surface area (Å²) in [6.07, 6.45) is 9.77. The molecule has 0 aliphatic rings. The van der Waals surface area contributed by atoms with E-state index >= 15 is 0 Å². The van der Waals surface area contributed by atoms with Crippen LogP contribution >= 0.6 is 0 Å². The topological polar surface area (TPSA) is 55.8 Å². The van der Waals surface area contributed by atoms with Gasteiger partial charge >= 0.3 is 5.97 Å². The SMILES string of the molecule is CCOC(=O)CCCCCCCCCCOc1ccc(O)cc1. The second-order valence-corrected chi connectivity index (χ2v) is 5.73. The highest BCUT2D eigenvalue weighted by Crippen LogP contribution is 2.16. The van der Waals surface area contributed by atoms with Crippen LogP contribution in [0.2, 0.25) is 0 Å². The molecule has 0 unspecified atom stereocenters. The van der Waals surface area contributed by atoms with Crippen LogP contribution in [0.1, 0.15) is 64.7 Å². The van der Waals surface area contributed by atoms with Gasteiger partial charge in [-0.2, -0.15) is 0 Å². The maximum absolute atomic E-state index is 11.2. The molecule has 0 radical (unpaired) electrons. The molecule has 0 aliphatic heterocycles. The van der Waals surface area contributed by atoms with E-state index in [9.17, 15) is 9.90 Å². The zero-order chi connectivity index (χ0) is 16.8. The van der Waals surface area contributed by atoms with E-state index in [0.717, 1.165) is 31.6 Å². The van der Waals surface area contributed by atoms with Crippen molar-refractivity contribution in [1.29, 1.82) is 0 Å². The molecule has 1 N–H and O–H groups in total. The second-order valence-electron chi connectivity index (χ2n) is 5.73. The quantitative estimate of drug-likeness (QED) is 0.417. The number of benzene rings is 1. The minimum absolute atomic E-state index is 0.0684. The summed E-state index contributed by atoms with van der Waals surface area (Å²) in [5, 5.41) is 9.18. The highest BCUT2D eigenvalue weighted by atomic mass is 16.5. The molecule has 4 heteroatoms. The average Bonchev–Trinajstić information content (AvgIpc) is 2.54. The Hall–Kier alpha value is -1.71. The lowest BCUT2D eigenvalue weighted by Gasteiger charge is -2.06. The molecule has 1 aromatic carbocycles. The summed E-state index contributed by atoms with van der Waals surface area (Å²) in [5.41, 5.74) is 0. The average molecular weight is 322 g/mol. The molecule has 1 rings (SSSR count). The fraction of sp³-hybridized carbons (Fsp3) is 0.632. The van der Waals surface area contributed by atoms with E-state index in [2.05, 4.69) is 0 Å². The standard InChI is InChI=1S/C19H30O4/c1-2-22-19(21)11-9-7-5-3-4-6-8-10-16-23-18-14-12-17(20)13-15-18/h12-15,20H,2-11,16H2,1H3. The van der Waals surface area contributed by atoms with Crippen molar-refractivity contribution in [2.45, 2.75) is 64.7 Å². The molecule has 23 heavy (non-hydrogen) atoms. The van der Waals surface area contributed by atoms with E-state index in [4.69, 9.17) is 9.47 Å². The minimum Gasteiger partial charge on any atom is -0.508 e. The maximum atomic E-state index is 11.2. The molecular formula is C19H30O4. The van der Waals surface area contributed by atoms with Crippen LogP contribution in [-0.2, 0) is 9.53 Å². The number of phenolic OH excluding ortho intramolecular Hbond substituents is 1. The smallest absolute Gasteiger partial charge is 0.305 e. The van der Waals surface area contributed by atoms with Gasteiger partial charge < -0.3 is 14.6 Å². The van der Waals surface area contributed by atoms with E-state index in [-0.39, 0.29) is 11.7 Å². The number of aromatic hydroxyl groups is 1. The number of esters is 1. The predicted octanol–water partition coefficient (Wildman–Crippen LogP) is 4.85. The molecule has 1 aromatic rings. The van der Waals surface area contributed by atoms with Gasteiger partial charge in [0.25, 0.3) is 0 Å². The summed E-state index contributed by atoms with van der Waals surface area (Å²) >= 11 is 0. The van der Waals surface area contributed by atoms with Crippen molar-refractivity contribution in [3.05, 3.63) is 24.3 Å². The summed E-state index contributed by atoms with van der Waals surface area (Å²) in [7, 11) is 0. The first-order valence-electron chi connectivity index (χ1n) is 8.80. The van der Waals surface area contributed by atoms with Crippen LogP contribution in [0.15, 0.2) is 24.3 Å². The summed E-state index contributed by atoms with van der Waals surface area (Å²) in [5.74, 6) is 1.00. The van der Waals surface area contributed by atoms with E-state index in [1.807, 2.05) is 6.92 Å². The summed E-state index contributed by atoms with van der Waals surface area (Å²) < 4.78 is 10.5. The first kappa shape index (κ1) is 19.3. The fourth-order valence-electron chi connectivity index (χ4n) is 2.40. The lowest BCUT2D eigenvalue weighted by atomic mass is 10.1. The van der Waals surface area contributed by atoms with Crippen LogP contribution in [0.3, 0.4) is 0 Å². The van der Waals surface area contributed by atoms with Crippen LogP contribution in [0.4, 0.5) is 0 Å².